The number of hydrogen-bond donors (Lipinski definition) is 0. The van der Waals surface area contributed by atoms with E-state index in [1.165, 1.54) is 5.69 Å². The van der Waals surface area contributed by atoms with Gasteiger partial charge in [-0.3, -0.25) is 0 Å². The van der Waals surface area contributed by atoms with E-state index in [9.17, 15) is 0 Å². The second-order valence-electron chi connectivity index (χ2n) is 4.26. The number of nitrogens with zero attached hydrogens (tertiary/aromatic N) is 1. The van der Waals surface area contributed by atoms with Gasteiger partial charge in [-0.25, -0.2) is 0 Å². The average Bonchev–Trinajstić information content (AvgIpc) is 2.38. The smallest absolute Gasteiger partial charge is 0.0748 e. The lowest BCUT2D eigenvalue weighted by Gasteiger charge is -2.34. The van der Waals surface area contributed by atoms with E-state index < -0.39 is 0 Å². The normalized spacial score (nSPS) is 20.6. The van der Waals surface area contributed by atoms with Crippen LogP contribution in [0.1, 0.15) is 18.9 Å². The Bertz CT molecular complexity index is 386. The molecule has 1 saturated heterocycles. The minimum absolute atomic E-state index is 0.357. The van der Waals surface area contributed by atoms with Gasteiger partial charge in [-0.05, 0) is 24.1 Å². The Hall–Kier alpha value is -0.250. The minimum atomic E-state index is 0.357. The summed E-state index contributed by atoms with van der Waals surface area (Å²) in [5.41, 5.74) is 2.38. The Kier molecular flexibility index (Phi) is 4.71. The molecule has 1 heterocycles. The summed E-state index contributed by atoms with van der Waals surface area (Å²) in [7, 11) is 0. The maximum atomic E-state index is 5.85. The van der Waals surface area contributed by atoms with Crippen molar-refractivity contribution in [2.24, 2.45) is 0 Å². The van der Waals surface area contributed by atoms with Crippen LogP contribution in [0.5, 0.6) is 0 Å². The predicted octanol–water partition coefficient (Wildman–Crippen LogP) is 3.80. The molecule has 0 aliphatic carbocycles. The van der Waals surface area contributed by atoms with Crippen molar-refractivity contribution in [1.82, 2.24) is 0 Å². The van der Waals surface area contributed by atoms with Crippen molar-refractivity contribution in [3.05, 3.63) is 28.2 Å². The standard InChI is InChI=1S/C13H17BrClNO/c1-2-12-9-16(5-6-17-12)11-4-3-10(8-15)13(14)7-11/h3-4,7,12H,2,5-6,8-9H2,1H3. The second-order valence-corrected chi connectivity index (χ2v) is 5.38. The first-order valence-electron chi connectivity index (χ1n) is 5.95. The average molecular weight is 319 g/mol. The van der Waals surface area contributed by atoms with Gasteiger partial charge < -0.3 is 9.64 Å². The molecule has 2 rings (SSSR count). The third kappa shape index (κ3) is 3.15. The number of halogens is 2. The third-order valence-electron chi connectivity index (χ3n) is 3.14. The summed E-state index contributed by atoms with van der Waals surface area (Å²) in [6.07, 6.45) is 1.42. The van der Waals surface area contributed by atoms with Crippen LogP contribution < -0.4 is 4.90 Å². The molecule has 0 radical (unpaired) electrons. The van der Waals surface area contributed by atoms with Crippen molar-refractivity contribution in [3.8, 4) is 0 Å². The van der Waals surface area contributed by atoms with Gasteiger partial charge in [-0.15, -0.1) is 11.6 Å². The zero-order chi connectivity index (χ0) is 12.3. The van der Waals surface area contributed by atoms with Gasteiger partial charge >= 0.3 is 0 Å². The molecule has 17 heavy (non-hydrogen) atoms. The third-order valence-corrected chi connectivity index (χ3v) is 4.17. The van der Waals surface area contributed by atoms with E-state index in [4.69, 9.17) is 16.3 Å². The van der Waals surface area contributed by atoms with Crippen molar-refractivity contribution in [3.63, 3.8) is 0 Å². The van der Waals surface area contributed by atoms with Gasteiger partial charge in [0.25, 0.3) is 0 Å². The van der Waals surface area contributed by atoms with E-state index in [0.717, 1.165) is 36.2 Å². The van der Waals surface area contributed by atoms with Gasteiger partial charge in [-0.1, -0.05) is 28.9 Å². The predicted molar refractivity (Wildman–Crippen MR) is 75.9 cm³/mol. The molecule has 1 aromatic rings. The van der Waals surface area contributed by atoms with E-state index in [-0.39, 0.29) is 0 Å². The molecule has 4 heteroatoms. The highest BCUT2D eigenvalue weighted by molar-refractivity contribution is 9.10. The van der Waals surface area contributed by atoms with Crippen molar-refractivity contribution >= 4 is 33.2 Å². The molecule has 0 saturated carbocycles. The number of benzene rings is 1. The highest BCUT2D eigenvalue weighted by Gasteiger charge is 2.19. The van der Waals surface area contributed by atoms with Crippen molar-refractivity contribution in [1.29, 1.82) is 0 Å². The van der Waals surface area contributed by atoms with E-state index >= 15 is 0 Å². The number of hydrogen-bond acceptors (Lipinski definition) is 2. The fourth-order valence-electron chi connectivity index (χ4n) is 2.04. The molecule has 1 fully saturated rings. The first-order chi connectivity index (χ1) is 8.24. The molecule has 94 valence electrons. The number of rotatable bonds is 3. The van der Waals surface area contributed by atoms with Crippen molar-refractivity contribution in [2.45, 2.75) is 25.3 Å². The second kappa shape index (κ2) is 6.07. The molecule has 1 aromatic carbocycles. The zero-order valence-electron chi connectivity index (χ0n) is 9.96. The lowest BCUT2D eigenvalue weighted by atomic mass is 10.1. The van der Waals surface area contributed by atoms with Crippen LogP contribution in [0.4, 0.5) is 5.69 Å². The first-order valence-corrected chi connectivity index (χ1v) is 7.28. The molecule has 1 aliphatic heterocycles. The van der Waals surface area contributed by atoms with Gasteiger partial charge in [0.1, 0.15) is 0 Å². The summed E-state index contributed by atoms with van der Waals surface area (Å²) < 4.78 is 6.77. The van der Waals surface area contributed by atoms with Crippen LogP contribution in [-0.4, -0.2) is 25.8 Å². The van der Waals surface area contributed by atoms with Crippen LogP contribution in [0.3, 0.4) is 0 Å². The molecule has 1 unspecified atom stereocenters. The van der Waals surface area contributed by atoms with Crippen molar-refractivity contribution in [2.75, 3.05) is 24.6 Å². The summed E-state index contributed by atoms with van der Waals surface area (Å²) in [6, 6.07) is 6.37. The lowest BCUT2D eigenvalue weighted by Crippen LogP contribution is -2.42. The van der Waals surface area contributed by atoms with Crippen LogP contribution in [0, 0.1) is 0 Å². The Morgan fingerprint density at radius 1 is 1.53 bits per heavy atom. The number of anilines is 1. The topological polar surface area (TPSA) is 12.5 Å². The quantitative estimate of drug-likeness (QED) is 0.786. The molecule has 0 amide bonds. The van der Waals surface area contributed by atoms with Crippen molar-refractivity contribution < 1.29 is 4.74 Å². The van der Waals surface area contributed by atoms with E-state index in [1.807, 2.05) is 0 Å². The maximum absolute atomic E-state index is 5.85. The zero-order valence-corrected chi connectivity index (χ0v) is 12.3. The molecule has 0 spiro atoms. The van der Waals surface area contributed by atoms with Gasteiger partial charge in [0.15, 0.2) is 0 Å². The Balaban J connectivity index is 2.13. The van der Waals surface area contributed by atoms with E-state index in [0.29, 0.717) is 12.0 Å². The molecule has 1 atom stereocenters. The van der Waals surface area contributed by atoms with Crippen LogP contribution >= 0.6 is 27.5 Å². The summed E-state index contributed by atoms with van der Waals surface area (Å²) in [5.74, 6) is 0.543. The number of ether oxygens (including phenoxy) is 1. The Morgan fingerprint density at radius 3 is 3.00 bits per heavy atom. The van der Waals surface area contributed by atoms with Gasteiger partial charge in [-0.2, -0.15) is 0 Å². The summed E-state index contributed by atoms with van der Waals surface area (Å²) in [4.78, 5) is 2.38. The van der Waals surface area contributed by atoms with Crippen LogP contribution in [-0.2, 0) is 10.6 Å². The van der Waals surface area contributed by atoms with Crippen LogP contribution in [0.25, 0.3) is 0 Å². The summed E-state index contributed by atoms with van der Waals surface area (Å²) >= 11 is 9.42. The van der Waals surface area contributed by atoms with Gasteiger partial charge in [0, 0.05) is 29.1 Å². The van der Waals surface area contributed by atoms with Crippen LogP contribution in [0.15, 0.2) is 22.7 Å². The summed E-state index contributed by atoms with van der Waals surface area (Å²) in [6.45, 7) is 4.92. The fourth-order valence-corrected chi connectivity index (χ4v) is 2.94. The SMILES string of the molecule is CCC1CN(c2ccc(CCl)c(Br)c2)CCO1. The highest BCUT2D eigenvalue weighted by Crippen LogP contribution is 2.26. The molecule has 2 nitrogen and oxygen atoms in total. The molecule has 0 aromatic heterocycles. The molecular formula is C13H17BrClNO. The Morgan fingerprint density at radius 2 is 2.35 bits per heavy atom. The van der Waals surface area contributed by atoms with E-state index in [1.54, 1.807) is 0 Å². The maximum Gasteiger partial charge on any atom is 0.0748 e. The molecule has 1 aliphatic rings. The fraction of sp³-hybridized carbons (Fsp3) is 0.538. The minimum Gasteiger partial charge on any atom is -0.375 e. The number of alkyl halides is 1. The van der Waals surface area contributed by atoms with Crippen LogP contribution in [0.2, 0.25) is 0 Å². The largest absolute Gasteiger partial charge is 0.375 e. The van der Waals surface area contributed by atoms with Gasteiger partial charge in [0.05, 0.1) is 12.7 Å². The lowest BCUT2D eigenvalue weighted by molar-refractivity contribution is 0.0384. The Labute approximate surface area is 116 Å². The summed E-state index contributed by atoms with van der Waals surface area (Å²) in [5, 5.41) is 0. The highest BCUT2D eigenvalue weighted by atomic mass is 79.9. The first kappa shape index (κ1) is 13.2. The monoisotopic (exact) mass is 317 g/mol. The number of morpholine rings is 1. The molecule has 0 N–H and O–H groups in total. The van der Waals surface area contributed by atoms with E-state index in [2.05, 4.69) is 46.0 Å². The van der Waals surface area contributed by atoms with Gasteiger partial charge in [0.2, 0.25) is 0 Å². The molecular weight excluding hydrogens is 302 g/mol. The molecule has 0 bridgehead atoms.